The molecule has 0 bridgehead atoms. The predicted molar refractivity (Wildman–Crippen MR) is 63.5 cm³/mol. The SMILES string of the molecule is CCCc1n[nH]c(=S)n1C1CCCC1C. The molecule has 0 aliphatic heterocycles. The van der Waals surface area contributed by atoms with Crippen LogP contribution >= 0.6 is 12.2 Å². The van der Waals surface area contributed by atoms with Gasteiger partial charge in [0.15, 0.2) is 4.77 Å². The van der Waals surface area contributed by atoms with Crippen LogP contribution in [0.15, 0.2) is 0 Å². The second-order valence-corrected chi connectivity index (χ2v) is 4.93. The first-order chi connectivity index (χ1) is 7.24. The van der Waals surface area contributed by atoms with Crippen LogP contribution in [0, 0.1) is 10.7 Å². The maximum Gasteiger partial charge on any atom is 0.195 e. The van der Waals surface area contributed by atoms with Crippen molar-refractivity contribution < 1.29 is 0 Å². The summed E-state index contributed by atoms with van der Waals surface area (Å²) in [5.74, 6) is 1.88. The smallest absolute Gasteiger partial charge is 0.195 e. The number of aryl methyl sites for hydroxylation is 1. The van der Waals surface area contributed by atoms with Crippen molar-refractivity contribution in [2.75, 3.05) is 0 Å². The molecule has 4 heteroatoms. The summed E-state index contributed by atoms with van der Waals surface area (Å²) in [5.41, 5.74) is 0. The lowest BCUT2D eigenvalue weighted by Gasteiger charge is -2.18. The van der Waals surface area contributed by atoms with E-state index < -0.39 is 0 Å². The van der Waals surface area contributed by atoms with Crippen molar-refractivity contribution in [2.24, 2.45) is 5.92 Å². The van der Waals surface area contributed by atoms with Crippen molar-refractivity contribution in [1.82, 2.24) is 14.8 Å². The maximum atomic E-state index is 5.32. The van der Waals surface area contributed by atoms with E-state index in [0.29, 0.717) is 6.04 Å². The summed E-state index contributed by atoms with van der Waals surface area (Å²) in [6.45, 7) is 4.50. The van der Waals surface area contributed by atoms with Gasteiger partial charge in [-0.3, -0.25) is 5.10 Å². The maximum absolute atomic E-state index is 5.32. The fourth-order valence-corrected chi connectivity index (χ4v) is 2.88. The van der Waals surface area contributed by atoms with Crippen molar-refractivity contribution in [3.8, 4) is 0 Å². The third-order valence-electron chi connectivity index (χ3n) is 3.40. The van der Waals surface area contributed by atoms with Gasteiger partial charge in [0, 0.05) is 12.5 Å². The first-order valence-electron chi connectivity index (χ1n) is 5.89. The number of nitrogens with zero attached hydrogens (tertiary/aromatic N) is 2. The summed E-state index contributed by atoms with van der Waals surface area (Å²) < 4.78 is 3.06. The molecule has 1 aliphatic rings. The molecule has 2 unspecified atom stereocenters. The molecule has 0 aromatic carbocycles. The molecular formula is C11H19N3S. The van der Waals surface area contributed by atoms with E-state index in [9.17, 15) is 0 Å². The summed E-state index contributed by atoms with van der Waals surface area (Å²) >= 11 is 5.32. The molecule has 3 nitrogen and oxygen atoms in total. The van der Waals surface area contributed by atoms with Gasteiger partial charge in [-0.2, -0.15) is 5.10 Å². The van der Waals surface area contributed by atoms with Crippen molar-refractivity contribution >= 4 is 12.2 Å². The lowest BCUT2D eigenvalue weighted by atomic mass is 10.1. The number of nitrogens with one attached hydrogen (secondary N) is 1. The fourth-order valence-electron chi connectivity index (χ4n) is 2.59. The zero-order chi connectivity index (χ0) is 10.8. The Kier molecular flexibility index (Phi) is 3.24. The van der Waals surface area contributed by atoms with E-state index in [4.69, 9.17) is 12.2 Å². The molecule has 15 heavy (non-hydrogen) atoms. The molecule has 0 radical (unpaired) electrons. The monoisotopic (exact) mass is 225 g/mol. The Morgan fingerprint density at radius 3 is 2.93 bits per heavy atom. The topological polar surface area (TPSA) is 33.6 Å². The standard InChI is InChI=1S/C11H19N3S/c1-3-5-10-12-13-11(15)14(10)9-7-4-6-8(9)2/h8-9H,3-7H2,1-2H3,(H,13,15). The molecule has 1 saturated carbocycles. The first kappa shape index (κ1) is 10.9. The highest BCUT2D eigenvalue weighted by Crippen LogP contribution is 2.36. The van der Waals surface area contributed by atoms with Crippen LogP contribution in [-0.2, 0) is 6.42 Å². The minimum Gasteiger partial charge on any atom is -0.301 e. The fraction of sp³-hybridized carbons (Fsp3) is 0.818. The molecule has 1 fully saturated rings. The van der Waals surface area contributed by atoms with Crippen molar-refractivity contribution in [3.63, 3.8) is 0 Å². The molecule has 1 N–H and O–H groups in total. The molecule has 0 saturated heterocycles. The summed E-state index contributed by atoms with van der Waals surface area (Å²) in [6.07, 6.45) is 6.05. The second kappa shape index (κ2) is 4.47. The van der Waals surface area contributed by atoms with Crippen LogP contribution in [0.3, 0.4) is 0 Å². The second-order valence-electron chi connectivity index (χ2n) is 4.54. The Morgan fingerprint density at radius 2 is 2.33 bits per heavy atom. The number of rotatable bonds is 3. The van der Waals surface area contributed by atoms with Crippen LogP contribution in [0.2, 0.25) is 0 Å². The quantitative estimate of drug-likeness (QED) is 0.801. The number of hydrogen-bond acceptors (Lipinski definition) is 2. The van der Waals surface area contributed by atoms with E-state index in [0.717, 1.165) is 29.4 Å². The normalized spacial score (nSPS) is 26.0. The minimum atomic E-state index is 0.581. The van der Waals surface area contributed by atoms with Gasteiger partial charge in [0.1, 0.15) is 5.82 Å². The zero-order valence-corrected chi connectivity index (χ0v) is 10.3. The van der Waals surface area contributed by atoms with Crippen LogP contribution in [-0.4, -0.2) is 14.8 Å². The van der Waals surface area contributed by atoms with E-state index in [2.05, 4.69) is 28.6 Å². The summed E-state index contributed by atoms with van der Waals surface area (Å²) in [6, 6.07) is 0.581. The highest BCUT2D eigenvalue weighted by atomic mass is 32.1. The van der Waals surface area contributed by atoms with Gasteiger partial charge in [-0.15, -0.1) is 0 Å². The number of hydrogen-bond donors (Lipinski definition) is 1. The molecule has 1 aromatic rings. The van der Waals surface area contributed by atoms with Crippen molar-refractivity contribution in [3.05, 3.63) is 10.6 Å². The van der Waals surface area contributed by atoms with Crippen LogP contribution in [0.1, 0.15) is 51.4 Å². The highest BCUT2D eigenvalue weighted by molar-refractivity contribution is 7.71. The number of H-pyrrole nitrogens is 1. The average molecular weight is 225 g/mol. The lowest BCUT2D eigenvalue weighted by Crippen LogP contribution is -2.14. The Bertz CT molecular complexity index is 379. The van der Waals surface area contributed by atoms with Crippen LogP contribution < -0.4 is 0 Å². The lowest BCUT2D eigenvalue weighted by molar-refractivity contribution is 0.391. The number of aromatic nitrogens is 3. The molecule has 1 aliphatic carbocycles. The third kappa shape index (κ3) is 2.00. The minimum absolute atomic E-state index is 0.581. The van der Waals surface area contributed by atoms with Crippen LogP contribution in [0.25, 0.3) is 0 Å². The van der Waals surface area contributed by atoms with Crippen molar-refractivity contribution in [2.45, 2.75) is 52.0 Å². The molecule has 84 valence electrons. The first-order valence-corrected chi connectivity index (χ1v) is 6.30. The Hall–Kier alpha value is -0.640. The third-order valence-corrected chi connectivity index (χ3v) is 3.69. The highest BCUT2D eigenvalue weighted by Gasteiger charge is 2.27. The van der Waals surface area contributed by atoms with E-state index in [1.807, 2.05) is 0 Å². The van der Waals surface area contributed by atoms with E-state index in [1.54, 1.807) is 0 Å². The Labute approximate surface area is 95.9 Å². The molecule has 2 rings (SSSR count). The van der Waals surface area contributed by atoms with E-state index in [-0.39, 0.29) is 0 Å². The van der Waals surface area contributed by atoms with E-state index >= 15 is 0 Å². The number of aromatic amines is 1. The van der Waals surface area contributed by atoms with Gasteiger partial charge >= 0.3 is 0 Å². The Balaban J connectivity index is 2.32. The summed E-state index contributed by atoms with van der Waals surface area (Å²) in [7, 11) is 0. The molecule has 0 amide bonds. The molecule has 0 spiro atoms. The molecular weight excluding hydrogens is 206 g/mol. The predicted octanol–water partition coefficient (Wildman–Crippen LogP) is 3.25. The van der Waals surface area contributed by atoms with E-state index in [1.165, 1.54) is 19.3 Å². The van der Waals surface area contributed by atoms with Gasteiger partial charge in [-0.25, -0.2) is 0 Å². The molecule has 1 heterocycles. The molecule has 2 atom stereocenters. The van der Waals surface area contributed by atoms with Gasteiger partial charge in [0.25, 0.3) is 0 Å². The largest absolute Gasteiger partial charge is 0.301 e. The van der Waals surface area contributed by atoms with Crippen molar-refractivity contribution in [1.29, 1.82) is 0 Å². The van der Waals surface area contributed by atoms with Gasteiger partial charge < -0.3 is 4.57 Å². The van der Waals surface area contributed by atoms with Crippen LogP contribution in [0.5, 0.6) is 0 Å². The average Bonchev–Trinajstić information content (AvgIpc) is 2.75. The van der Waals surface area contributed by atoms with Crippen LogP contribution in [0.4, 0.5) is 0 Å². The Morgan fingerprint density at radius 1 is 1.53 bits per heavy atom. The van der Waals surface area contributed by atoms with Gasteiger partial charge in [-0.1, -0.05) is 20.3 Å². The summed E-state index contributed by atoms with van der Waals surface area (Å²) in [4.78, 5) is 0. The van der Waals surface area contributed by atoms with Gasteiger partial charge in [0.2, 0.25) is 0 Å². The van der Waals surface area contributed by atoms with Gasteiger partial charge in [-0.05, 0) is 37.4 Å². The summed E-state index contributed by atoms with van der Waals surface area (Å²) in [5, 5.41) is 7.27. The zero-order valence-electron chi connectivity index (χ0n) is 9.49. The molecule has 1 aromatic heterocycles. The van der Waals surface area contributed by atoms with Gasteiger partial charge in [0.05, 0.1) is 0 Å².